The highest BCUT2D eigenvalue weighted by Gasteiger charge is 2.15. The van der Waals surface area contributed by atoms with Crippen LogP contribution >= 0.6 is 15.9 Å². The van der Waals surface area contributed by atoms with Crippen molar-refractivity contribution in [2.75, 3.05) is 0 Å². The molecule has 0 aliphatic rings. The Labute approximate surface area is 138 Å². The molecule has 0 amide bonds. The van der Waals surface area contributed by atoms with E-state index >= 15 is 0 Å². The fourth-order valence-electron chi connectivity index (χ4n) is 2.85. The van der Waals surface area contributed by atoms with E-state index < -0.39 is 0 Å². The van der Waals surface area contributed by atoms with Gasteiger partial charge in [0.2, 0.25) is 0 Å². The molecule has 1 N–H and O–H groups in total. The Hall–Kier alpha value is -1.62. The van der Waals surface area contributed by atoms with Crippen molar-refractivity contribution in [1.82, 2.24) is 14.8 Å². The molecule has 0 saturated carbocycles. The monoisotopic (exact) mass is 363 g/mol. The zero-order chi connectivity index (χ0) is 16.3. The Kier molecular flexibility index (Phi) is 5.40. The molecule has 0 aromatic carbocycles. The number of fused-ring (bicyclic) bond motifs is 1. The van der Waals surface area contributed by atoms with E-state index in [1.54, 1.807) is 6.20 Å². The average Bonchev–Trinajstić information content (AvgIpc) is 2.90. The standard InChI is InChI=1S/C17H22BrN3O/c1-5-8-12(6-2)21-16-13(7-3)15(9-11(4)18)20-17(22)14(16)10-19-21/h7,9-10,12H,4-6,8H2,1-3H3,(H,20,22)/b13-7+,15-9+. The predicted octanol–water partition coefficient (Wildman–Crippen LogP) is 2.97. The summed E-state index contributed by atoms with van der Waals surface area (Å²) >= 11 is 3.33. The van der Waals surface area contributed by atoms with E-state index in [9.17, 15) is 4.79 Å². The van der Waals surface area contributed by atoms with Crippen molar-refractivity contribution < 1.29 is 0 Å². The van der Waals surface area contributed by atoms with Crippen LogP contribution in [0.2, 0.25) is 0 Å². The van der Waals surface area contributed by atoms with Crippen molar-refractivity contribution in [1.29, 1.82) is 0 Å². The number of aromatic nitrogens is 3. The maximum atomic E-state index is 12.3. The van der Waals surface area contributed by atoms with Gasteiger partial charge < -0.3 is 4.98 Å². The van der Waals surface area contributed by atoms with E-state index in [4.69, 9.17) is 0 Å². The first kappa shape index (κ1) is 16.7. The number of aromatic amines is 1. The molecule has 0 spiro atoms. The predicted molar refractivity (Wildman–Crippen MR) is 96.5 cm³/mol. The molecule has 1 unspecified atom stereocenters. The Bertz CT molecular complexity index is 860. The van der Waals surface area contributed by atoms with Gasteiger partial charge in [-0.1, -0.05) is 48.9 Å². The van der Waals surface area contributed by atoms with E-state index in [0.29, 0.717) is 11.4 Å². The molecular weight excluding hydrogens is 342 g/mol. The lowest BCUT2D eigenvalue weighted by Crippen LogP contribution is -2.36. The van der Waals surface area contributed by atoms with Crippen molar-refractivity contribution in [2.45, 2.75) is 46.1 Å². The summed E-state index contributed by atoms with van der Waals surface area (Å²) in [5.41, 5.74) is 0.796. The third-order valence-corrected chi connectivity index (χ3v) is 4.09. The number of hydrogen-bond acceptors (Lipinski definition) is 2. The second-order valence-corrected chi connectivity index (χ2v) is 6.38. The van der Waals surface area contributed by atoms with Gasteiger partial charge >= 0.3 is 0 Å². The second kappa shape index (κ2) is 7.09. The number of H-pyrrole nitrogens is 1. The molecule has 118 valence electrons. The number of hydrogen-bond donors (Lipinski definition) is 1. The molecule has 0 bridgehead atoms. The summed E-state index contributed by atoms with van der Waals surface area (Å²) in [5.74, 6) is 0. The Morgan fingerprint density at radius 3 is 2.82 bits per heavy atom. The maximum absolute atomic E-state index is 12.3. The fourth-order valence-corrected chi connectivity index (χ4v) is 3.08. The van der Waals surface area contributed by atoms with Gasteiger partial charge in [0.1, 0.15) is 0 Å². The molecule has 1 atom stereocenters. The van der Waals surface area contributed by atoms with Gasteiger partial charge in [-0.15, -0.1) is 0 Å². The topological polar surface area (TPSA) is 50.7 Å². The number of nitrogens with one attached hydrogen (secondary N) is 1. The molecule has 0 aliphatic heterocycles. The molecule has 2 aromatic heterocycles. The summed E-state index contributed by atoms with van der Waals surface area (Å²) in [6, 6.07) is 0.308. The van der Waals surface area contributed by atoms with Gasteiger partial charge in [-0.3, -0.25) is 9.48 Å². The largest absolute Gasteiger partial charge is 0.321 e. The highest BCUT2D eigenvalue weighted by Crippen LogP contribution is 2.19. The van der Waals surface area contributed by atoms with Crippen molar-refractivity contribution in [2.24, 2.45) is 0 Å². The summed E-state index contributed by atoms with van der Waals surface area (Å²) in [7, 11) is 0. The molecule has 0 aliphatic carbocycles. The first-order valence-corrected chi connectivity index (χ1v) is 8.44. The lowest BCUT2D eigenvalue weighted by molar-refractivity contribution is 0.420. The third-order valence-electron chi connectivity index (χ3n) is 3.86. The number of rotatable bonds is 5. The van der Waals surface area contributed by atoms with Gasteiger partial charge in [-0.05, 0) is 25.8 Å². The lowest BCUT2D eigenvalue weighted by Gasteiger charge is -2.16. The van der Waals surface area contributed by atoms with Crippen molar-refractivity contribution in [3.63, 3.8) is 0 Å². The van der Waals surface area contributed by atoms with Gasteiger partial charge in [-0.2, -0.15) is 5.10 Å². The molecule has 5 heteroatoms. The van der Waals surface area contributed by atoms with Crippen molar-refractivity contribution >= 4 is 39.0 Å². The summed E-state index contributed by atoms with van der Waals surface area (Å²) < 4.78 is 2.73. The summed E-state index contributed by atoms with van der Waals surface area (Å²) in [6.45, 7) is 10.1. The molecule has 22 heavy (non-hydrogen) atoms. The minimum atomic E-state index is -0.113. The second-order valence-electron chi connectivity index (χ2n) is 5.36. The van der Waals surface area contributed by atoms with Crippen molar-refractivity contribution in [3.8, 4) is 0 Å². The minimum absolute atomic E-state index is 0.113. The molecule has 0 fully saturated rings. The van der Waals surface area contributed by atoms with E-state index in [1.165, 1.54) is 0 Å². The van der Waals surface area contributed by atoms with Crippen molar-refractivity contribution in [3.05, 3.63) is 38.2 Å². The van der Waals surface area contributed by atoms with Gasteiger partial charge in [0, 0.05) is 9.70 Å². The Balaban J connectivity index is 2.92. The van der Waals surface area contributed by atoms with Gasteiger partial charge in [0.05, 0.1) is 28.5 Å². The van der Waals surface area contributed by atoms with E-state index in [-0.39, 0.29) is 5.56 Å². The minimum Gasteiger partial charge on any atom is -0.321 e. The van der Waals surface area contributed by atoms with Gasteiger partial charge in [-0.25, -0.2) is 0 Å². The number of pyridine rings is 1. The summed E-state index contributed by atoms with van der Waals surface area (Å²) in [5, 5.41) is 6.89. The van der Waals surface area contributed by atoms with Gasteiger partial charge in [0.15, 0.2) is 0 Å². The molecule has 2 rings (SSSR count). The van der Waals surface area contributed by atoms with E-state index in [1.807, 2.05) is 23.8 Å². The van der Waals surface area contributed by atoms with Gasteiger partial charge in [0.25, 0.3) is 5.56 Å². The molecular formula is C17H22BrN3O. The maximum Gasteiger partial charge on any atom is 0.259 e. The average molecular weight is 364 g/mol. The van der Waals surface area contributed by atoms with Crippen LogP contribution in [0.25, 0.3) is 23.1 Å². The third kappa shape index (κ3) is 3.09. The highest BCUT2D eigenvalue weighted by molar-refractivity contribution is 9.12. The summed E-state index contributed by atoms with van der Waals surface area (Å²) in [4.78, 5) is 15.3. The number of halogens is 1. The first-order chi connectivity index (χ1) is 10.5. The Morgan fingerprint density at radius 1 is 1.55 bits per heavy atom. The van der Waals surface area contributed by atoms with Crippen LogP contribution < -0.4 is 16.1 Å². The molecule has 2 aromatic rings. The van der Waals surface area contributed by atoms with Crippen LogP contribution in [0.4, 0.5) is 0 Å². The summed E-state index contributed by atoms with van der Waals surface area (Å²) in [6.07, 6.45) is 8.64. The SMILES string of the molecule is C=C(Br)/C=c1/[nH]c(=O)c2cnn(C(CC)CCC)c2/c1=C/C. The first-order valence-electron chi connectivity index (χ1n) is 7.65. The number of nitrogens with zero attached hydrogens (tertiary/aromatic N) is 2. The lowest BCUT2D eigenvalue weighted by atomic mass is 10.1. The van der Waals surface area contributed by atoms with Crippen LogP contribution in [0.15, 0.2) is 22.1 Å². The zero-order valence-electron chi connectivity index (χ0n) is 13.3. The highest BCUT2D eigenvalue weighted by atomic mass is 79.9. The normalized spacial score (nSPS) is 14.7. The van der Waals surface area contributed by atoms with E-state index in [0.717, 1.165) is 39.8 Å². The smallest absolute Gasteiger partial charge is 0.259 e. The molecule has 2 heterocycles. The molecule has 0 radical (unpaired) electrons. The van der Waals surface area contributed by atoms with Crippen LogP contribution in [0, 0.1) is 0 Å². The quantitative estimate of drug-likeness (QED) is 0.887. The van der Waals surface area contributed by atoms with Crippen LogP contribution in [0.3, 0.4) is 0 Å². The van der Waals surface area contributed by atoms with E-state index in [2.05, 4.69) is 46.4 Å². The van der Waals surface area contributed by atoms with Crippen LogP contribution in [-0.4, -0.2) is 14.8 Å². The Morgan fingerprint density at radius 2 is 2.27 bits per heavy atom. The van der Waals surface area contributed by atoms with Crippen LogP contribution in [0.1, 0.15) is 46.1 Å². The van der Waals surface area contributed by atoms with Crippen LogP contribution in [-0.2, 0) is 0 Å². The zero-order valence-corrected chi connectivity index (χ0v) is 14.9. The fraction of sp³-hybridized carbons (Fsp3) is 0.412. The molecule has 4 nitrogen and oxygen atoms in total. The molecule has 0 saturated heterocycles. The van der Waals surface area contributed by atoms with Crippen LogP contribution in [0.5, 0.6) is 0 Å². The number of allylic oxidation sites excluding steroid dienone is 1.